The zero-order valence-electron chi connectivity index (χ0n) is 14.2. The molecule has 1 aromatic carbocycles. The summed E-state index contributed by atoms with van der Waals surface area (Å²) in [7, 11) is 0. The molecule has 2 amide bonds. The van der Waals surface area contributed by atoms with Crippen molar-refractivity contribution in [3.05, 3.63) is 47.1 Å². The minimum atomic E-state index is -1.13. The summed E-state index contributed by atoms with van der Waals surface area (Å²) in [5, 5.41) is 17.5. The number of carboxylic acid groups (broad SMARTS) is 1. The molecule has 2 heterocycles. The summed E-state index contributed by atoms with van der Waals surface area (Å²) >= 11 is 5.87. The van der Waals surface area contributed by atoms with Gasteiger partial charge in [0.2, 0.25) is 0 Å². The number of fused-ring (bicyclic) bond motifs is 1. The van der Waals surface area contributed by atoms with E-state index in [9.17, 15) is 9.59 Å². The monoisotopic (exact) mass is 386 g/mol. The molecule has 0 atom stereocenters. The first-order valence-corrected chi connectivity index (χ1v) is 8.32. The Bertz CT molecular complexity index is 1030. The van der Waals surface area contributed by atoms with Gasteiger partial charge in [-0.05, 0) is 37.3 Å². The van der Waals surface area contributed by atoms with Gasteiger partial charge in [-0.3, -0.25) is 5.32 Å². The van der Waals surface area contributed by atoms with E-state index in [1.807, 2.05) is 6.92 Å². The molecule has 0 unspecified atom stereocenters. The highest BCUT2D eigenvalue weighted by atomic mass is 35.5. The first kappa shape index (κ1) is 18.3. The fraction of sp³-hybridized carbons (Fsp3) is 0.118. The summed E-state index contributed by atoms with van der Waals surface area (Å²) in [5.74, 6) is -0.431. The molecular weight excluding hydrogens is 372 g/mol. The number of urea groups is 1. The van der Waals surface area contributed by atoms with E-state index in [2.05, 4.69) is 30.9 Å². The van der Waals surface area contributed by atoms with Gasteiger partial charge < -0.3 is 15.7 Å². The molecule has 0 aliphatic carbocycles. The first-order valence-electron chi connectivity index (χ1n) is 7.95. The Labute approximate surface area is 158 Å². The molecule has 0 aliphatic rings. The maximum absolute atomic E-state index is 11.6. The lowest BCUT2D eigenvalue weighted by Gasteiger charge is -2.09. The number of nitrogens with one attached hydrogen (secondary N) is 3. The van der Waals surface area contributed by atoms with E-state index in [4.69, 9.17) is 16.7 Å². The van der Waals surface area contributed by atoms with E-state index in [-0.39, 0.29) is 16.6 Å². The molecule has 138 valence electrons. The van der Waals surface area contributed by atoms with Gasteiger partial charge in [0, 0.05) is 12.2 Å². The number of carbonyl (C=O) groups is 2. The van der Waals surface area contributed by atoms with Crippen LogP contribution in [0.25, 0.3) is 11.2 Å². The average Bonchev–Trinajstić information content (AvgIpc) is 2.63. The number of benzene rings is 1. The molecule has 0 fully saturated rings. The molecule has 3 aromatic rings. The van der Waals surface area contributed by atoms with Gasteiger partial charge in [0.1, 0.15) is 11.3 Å². The van der Waals surface area contributed by atoms with Crippen LogP contribution in [0.1, 0.15) is 17.3 Å². The highest BCUT2D eigenvalue weighted by Gasteiger charge is 2.10. The van der Waals surface area contributed by atoms with Gasteiger partial charge in [-0.25, -0.2) is 24.5 Å². The largest absolute Gasteiger partial charge is 0.478 e. The van der Waals surface area contributed by atoms with E-state index >= 15 is 0 Å². The topological polar surface area (TPSA) is 129 Å². The molecule has 9 nitrogen and oxygen atoms in total. The molecular formula is C17H15ClN6O3. The first-order chi connectivity index (χ1) is 13.0. The van der Waals surface area contributed by atoms with Crippen molar-refractivity contribution >= 4 is 52.1 Å². The molecule has 27 heavy (non-hydrogen) atoms. The molecule has 2 aromatic heterocycles. The summed E-state index contributed by atoms with van der Waals surface area (Å²) in [6.07, 6.45) is 1.50. The van der Waals surface area contributed by atoms with E-state index in [1.54, 1.807) is 18.2 Å². The summed E-state index contributed by atoms with van der Waals surface area (Å²) in [4.78, 5) is 35.6. The third-order valence-corrected chi connectivity index (χ3v) is 3.78. The fourth-order valence-electron chi connectivity index (χ4n) is 2.26. The zero-order chi connectivity index (χ0) is 19.4. The standard InChI is InChI=1S/C17H15ClN6O3/c1-2-19-17(27)24-13-6-5-12-15(22-13)23-14(8-20-12)21-9-3-4-11(18)10(7-9)16(25)26/h3-8H,2H2,1H3,(H,25,26)(H3,19,21,22,23,24,27). The molecule has 3 rings (SSSR count). The lowest BCUT2D eigenvalue weighted by atomic mass is 10.2. The Kier molecular flexibility index (Phi) is 5.32. The van der Waals surface area contributed by atoms with Crippen LogP contribution in [0.4, 0.5) is 22.1 Å². The highest BCUT2D eigenvalue weighted by Crippen LogP contribution is 2.23. The SMILES string of the molecule is CCNC(=O)Nc1ccc2ncc(Nc3ccc(Cl)c(C(=O)O)c3)nc2n1. The predicted octanol–water partition coefficient (Wildman–Crippen LogP) is 3.26. The van der Waals surface area contributed by atoms with Gasteiger partial charge in [-0.1, -0.05) is 11.6 Å². The number of hydrogen-bond donors (Lipinski definition) is 4. The molecule has 0 bridgehead atoms. The van der Waals surface area contributed by atoms with Gasteiger partial charge in [-0.15, -0.1) is 0 Å². The number of halogens is 1. The Morgan fingerprint density at radius 1 is 1.15 bits per heavy atom. The number of aromatic nitrogens is 3. The number of anilines is 3. The van der Waals surface area contributed by atoms with E-state index < -0.39 is 5.97 Å². The molecule has 0 saturated carbocycles. The number of amides is 2. The number of rotatable bonds is 5. The van der Waals surface area contributed by atoms with Crippen LogP contribution in [0.15, 0.2) is 36.5 Å². The van der Waals surface area contributed by atoms with Crippen molar-refractivity contribution in [3.63, 3.8) is 0 Å². The molecule has 0 spiro atoms. The summed E-state index contributed by atoms with van der Waals surface area (Å²) in [6, 6.07) is 7.45. The summed E-state index contributed by atoms with van der Waals surface area (Å²) in [6.45, 7) is 2.30. The van der Waals surface area contributed by atoms with Gasteiger partial charge in [0.15, 0.2) is 11.5 Å². The van der Waals surface area contributed by atoms with Crippen molar-refractivity contribution in [2.45, 2.75) is 6.92 Å². The second-order valence-electron chi connectivity index (χ2n) is 5.40. The van der Waals surface area contributed by atoms with Gasteiger partial charge in [-0.2, -0.15) is 0 Å². The maximum atomic E-state index is 11.6. The van der Waals surface area contributed by atoms with Crippen molar-refractivity contribution in [1.29, 1.82) is 0 Å². The number of hydrogen-bond acceptors (Lipinski definition) is 6. The number of carbonyl (C=O) groups excluding carboxylic acids is 1. The normalized spacial score (nSPS) is 10.4. The van der Waals surface area contributed by atoms with Crippen molar-refractivity contribution in [2.75, 3.05) is 17.2 Å². The Hall–Kier alpha value is -3.46. The van der Waals surface area contributed by atoms with Gasteiger partial charge >= 0.3 is 12.0 Å². The van der Waals surface area contributed by atoms with Crippen LogP contribution in [-0.4, -0.2) is 38.6 Å². The summed E-state index contributed by atoms with van der Waals surface area (Å²) < 4.78 is 0. The Morgan fingerprint density at radius 2 is 1.93 bits per heavy atom. The average molecular weight is 387 g/mol. The third kappa shape index (κ3) is 4.39. The lowest BCUT2D eigenvalue weighted by molar-refractivity contribution is 0.0697. The second-order valence-corrected chi connectivity index (χ2v) is 5.81. The minimum Gasteiger partial charge on any atom is -0.478 e. The summed E-state index contributed by atoms with van der Waals surface area (Å²) in [5.41, 5.74) is 1.33. The van der Waals surface area contributed by atoms with Crippen molar-refractivity contribution < 1.29 is 14.7 Å². The van der Waals surface area contributed by atoms with E-state index in [0.717, 1.165) is 0 Å². The predicted molar refractivity (Wildman–Crippen MR) is 102 cm³/mol. The molecule has 0 aliphatic heterocycles. The quantitative estimate of drug-likeness (QED) is 0.529. The second kappa shape index (κ2) is 7.83. The third-order valence-electron chi connectivity index (χ3n) is 3.45. The number of aromatic carboxylic acids is 1. The molecule has 4 N–H and O–H groups in total. The van der Waals surface area contributed by atoms with Crippen LogP contribution in [-0.2, 0) is 0 Å². The minimum absolute atomic E-state index is 0.0260. The van der Waals surface area contributed by atoms with Crippen LogP contribution in [0, 0.1) is 0 Å². The lowest BCUT2D eigenvalue weighted by Crippen LogP contribution is -2.28. The van der Waals surface area contributed by atoms with Crippen molar-refractivity contribution in [1.82, 2.24) is 20.3 Å². The highest BCUT2D eigenvalue weighted by molar-refractivity contribution is 6.33. The van der Waals surface area contributed by atoms with Crippen molar-refractivity contribution in [2.24, 2.45) is 0 Å². The molecule has 10 heteroatoms. The Balaban J connectivity index is 1.86. The van der Waals surface area contributed by atoms with E-state index in [0.29, 0.717) is 35.0 Å². The van der Waals surface area contributed by atoms with E-state index in [1.165, 1.54) is 18.3 Å². The van der Waals surface area contributed by atoms with Crippen LogP contribution in [0.5, 0.6) is 0 Å². The smallest absolute Gasteiger partial charge is 0.337 e. The maximum Gasteiger partial charge on any atom is 0.337 e. The number of nitrogens with zero attached hydrogens (tertiary/aromatic N) is 3. The number of pyridine rings is 1. The molecule has 0 radical (unpaired) electrons. The Morgan fingerprint density at radius 3 is 2.67 bits per heavy atom. The van der Waals surface area contributed by atoms with Gasteiger partial charge in [0.25, 0.3) is 0 Å². The van der Waals surface area contributed by atoms with Crippen LogP contribution >= 0.6 is 11.6 Å². The van der Waals surface area contributed by atoms with Gasteiger partial charge in [0.05, 0.1) is 16.8 Å². The van der Waals surface area contributed by atoms with Crippen LogP contribution < -0.4 is 16.0 Å². The fourth-order valence-corrected chi connectivity index (χ4v) is 2.46. The zero-order valence-corrected chi connectivity index (χ0v) is 14.9. The molecule has 0 saturated heterocycles. The number of carboxylic acids is 1. The van der Waals surface area contributed by atoms with Crippen LogP contribution in [0.2, 0.25) is 5.02 Å². The van der Waals surface area contributed by atoms with Crippen LogP contribution in [0.3, 0.4) is 0 Å². The van der Waals surface area contributed by atoms with Crippen molar-refractivity contribution in [3.8, 4) is 0 Å².